The number of rotatable bonds is 5. The predicted octanol–water partition coefficient (Wildman–Crippen LogP) is 2.51. The number of nitrogens with zero attached hydrogens (tertiary/aromatic N) is 1. The average molecular weight is 290 g/mol. The van der Waals surface area contributed by atoms with Gasteiger partial charge in [-0.3, -0.25) is 0 Å². The second-order valence-corrected chi connectivity index (χ2v) is 4.26. The van der Waals surface area contributed by atoms with Gasteiger partial charge in [0.15, 0.2) is 5.84 Å². The molecule has 0 aliphatic heterocycles. The molecule has 0 radical (unpaired) electrons. The molecular formula is C15H15FN2O3. The molecule has 2 aromatic rings. The van der Waals surface area contributed by atoms with E-state index in [2.05, 4.69) is 5.16 Å². The van der Waals surface area contributed by atoms with Gasteiger partial charge in [-0.15, -0.1) is 0 Å². The first-order valence-corrected chi connectivity index (χ1v) is 6.17. The van der Waals surface area contributed by atoms with Crippen molar-refractivity contribution in [2.24, 2.45) is 10.9 Å². The average Bonchev–Trinajstić information content (AvgIpc) is 2.53. The van der Waals surface area contributed by atoms with Gasteiger partial charge in [-0.2, -0.15) is 0 Å². The summed E-state index contributed by atoms with van der Waals surface area (Å²) in [5.41, 5.74) is 6.07. The fourth-order valence-electron chi connectivity index (χ4n) is 1.73. The van der Waals surface area contributed by atoms with E-state index in [-0.39, 0.29) is 12.4 Å². The number of ether oxygens (including phenoxy) is 2. The maximum atomic E-state index is 13.9. The summed E-state index contributed by atoms with van der Waals surface area (Å²) < 4.78 is 24.5. The molecule has 6 heteroatoms. The number of oxime groups is 1. The molecule has 2 rings (SSSR count). The number of nitrogens with two attached hydrogens (primary N) is 1. The van der Waals surface area contributed by atoms with E-state index in [1.165, 1.54) is 12.1 Å². The molecule has 0 saturated heterocycles. The number of hydrogen-bond donors (Lipinski definition) is 2. The Labute approximate surface area is 121 Å². The Hall–Kier alpha value is -2.76. The summed E-state index contributed by atoms with van der Waals surface area (Å²) in [6, 6.07) is 11.3. The number of benzene rings is 2. The minimum atomic E-state index is -0.484. The fourth-order valence-corrected chi connectivity index (χ4v) is 1.73. The van der Waals surface area contributed by atoms with Crippen LogP contribution in [-0.4, -0.2) is 18.2 Å². The normalized spacial score (nSPS) is 11.2. The van der Waals surface area contributed by atoms with E-state index in [9.17, 15) is 4.39 Å². The first-order chi connectivity index (χ1) is 10.1. The second kappa shape index (κ2) is 6.60. The lowest BCUT2D eigenvalue weighted by Gasteiger charge is -2.09. The van der Waals surface area contributed by atoms with Crippen molar-refractivity contribution in [2.45, 2.75) is 6.61 Å². The van der Waals surface area contributed by atoms with Gasteiger partial charge >= 0.3 is 0 Å². The Bertz CT molecular complexity index is 659. The molecule has 0 fully saturated rings. The van der Waals surface area contributed by atoms with E-state index in [4.69, 9.17) is 20.4 Å². The van der Waals surface area contributed by atoms with Gasteiger partial charge in [0, 0.05) is 17.2 Å². The summed E-state index contributed by atoms with van der Waals surface area (Å²) in [5.74, 6) is 0.612. The van der Waals surface area contributed by atoms with Crippen molar-refractivity contribution in [1.29, 1.82) is 0 Å². The Kier molecular flexibility index (Phi) is 4.61. The van der Waals surface area contributed by atoms with Crippen LogP contribution in [0.5, 0.6) is 11.5 Å². The van der Waals surface area contributed by atoms with Gasteiger partial charge < -0.3 is 20.4 Å². The summed E-state index contributed by atoms with van der Waals surface area (Å²) in [5, 5.41) is 11.4. The van der Waals surface area contributed by atoms with Gasteiger partial charge in [0.25, 0.3) is 0 Å². The lowest BCUT2D eigenvalue weighted by atomic mass is 10.1. The molecule has 0 spiro atoms. The molecule has 110 valence electrons. The molecule has 0 heterocycles. The zero-order chi connectivity index (χ0) is 15.2. The van der Waals surface area contributed by atoms with Crippen LogP contribution in [0.1, 0.15) is 11.1 Å². The first-order valence-electron chi connectivity index (χ1n) is 6.17. The van der Waals surface area contributed by atoms with Crippen LogP contribution in [-0.2, 0) is 6.61 Å². The third-order valence-corrected chi connectivity index (χ3v) is 2.89. The largest absolute Gasteiger partial charge is 0.497 e. The zero-order valence-electron chi connectivity index (χ0n) is 11.4. The summed E-state index contributed by atoms with van der Waals surface area (Å²) >= 11 is 0. The van der Waals surface area contributed by atoms with Crippen LogP contribution in [0, 0.1) is 5.82 Å². The van der Waals surface area contributed by atoms with Gasteiger partial charge in [0.1, 0.15) is 23.9 Å². The highest BCUT2D eigenvalue weighted by Crippen LogP contribution is 2.20. The molecule has 0 amide bonds. The Morgan fingerprint density at radius 1 is 1.24 bits per heavy atom. The van der Waals surface area contributed by atoms with Crippen molar-refractivity contribution >= 4 is 5.84 Å². The molecule has 5 nitrogen and oxygen atoms in total. The highest BCUT2D eigenvalue weighted by atomic mass is 19.1. The third kappa shape index (κ3) is 3.62. The molecule has 0 saturated carbocycles. The first kappa shape index (κ1) is 14.6. The molecule has 0 aliphatic rings. The van der Waals surface area contributed by atoms with Crippen molar-refractivity contribution in [3.63, 3.8) is 0 Å². The van der Waals surface area contributed by atoms with Crippen molar-refractivity contribution in [3.05, 3.63) is 59.4 Å². The predicted molar refractivity (Wildman–Crippen MR) is 76.2 cm³/mol. The van der Waals surface area contributed by atoms with E-state index in [0.29, 0.717) is 22.6 Å². The van der Waals surface area contributed by atoms with E-state index >= 15 is 0 Å². The van der Waals surface area contributed by atoms with Crippen LogP contribution in [0.2, 0.25) is 0 Å². The Morgan fingerprint density at radius 2 is 2.00 bits per heavy atom. The van der Waals surface area contributed by atoms with Crippen molar-refractivity contribution in [2.75, 3.05) is 7.11 Å². The summed E-state index contributed by atoms with van der Waals surface area (Å²) in [6.45, 7) is 0.0649. The smallest absolute Gasteiger partial charge is 0.170 e. The number of amidine groups is 1. The second-order valence-electron chi connectivity index (χ2n) is 4.26. The third-order valence-electron chi connectivity index (χ3n) is 2.89. The zero-order valence-corrected chi connectivity index (χ0v) is 11.4. The van der Waals surface area contributed by atoms with E-state index in [1.807, 2.05) is 0 Å². The lowest BCUT2D eigenvalue weighted by molar-refractivity contribution is 0.297. The molecule has 2 aromatic carbocycles. The number of halogens is 1. The highest BCUT2D eigenvalue weighted by Gasteiger charge is 2.07. The van der Waals surface area contributed by atoms with Crippen molar-refractivity contribution in [3.8, 4) is 11.5 Å². The van der Waals surface area contributed by atoms with Crippen LogP contribution in [0.15, 0.2) is 47.6 Å². The van der Waals surface area contributed by atoms with Crippen molar-refractivity contribution < 1.29 is 19.1 Å². The van der Waals surface area contributed by atoms with Gasteiger partial charge in [-0.1, -0.05) is 23.4 Å². The number of hydrogen-bond acceptors (Lipinski definition) is 4. The van der Waals surface area contributed by atoms with Gasteiger partial charge in [0.05, 0.1) is 7.11 Å². The standard InChI is InChI=1S/C15H15FN2O3/c1-20-12-3-2-4-13(8-12)21-9-11-6-5-10(7-14(11)16)15(17)18-19/h2-8,19H,9H2,1H3,(H2,17,18). The van der Waals surface area contributed by atoms with Crippen LogP contribution in [0.3, 0.4) is 0 Å². The monoisotopic (exact) mass is 290 g/mol. The molecule has 0 aliphatic carbocycles. The van der Waals surface area contributed by atoms with Gasteiger partial charge in [-0.05, 0) is 18.2 Å². The maximum Gasteiger partial charge on any atom is 0.170 e. The van der Waals surface area contributed by atoms with Crippen LogP contribution in [0.25, 0.3) is 0 Å². The van der Waals surface area contributed by atoms with Crippen molar-refractivity contribution in [1.82, 2.24) is 0 Å². The minimum absolute atomic E-state index is 0.0649. The quantitative estimate of drug-likeness (QED) is 0.384. The fraction of sp³-hybridized carbons (Fsp3) is 0.133. The highest BCUT2D eigenvalue weighted by molar-refractivity contribution is 5.97. The topological polar surface area (TPSA) is 77.1 Å². The summed E-state index contributed by atoms with van der Waals surface area (Å²) in [6.07, 6.45) is 0. The van der Waals surface area contributed by atoms with Crippen LogP contribution in [0.4, 0.5) is 4.39 Å². The Morgan fingerprint density at radius 3 is 2.67 bits per heavy atom. The van der Waals surface area contributed by atoms with Gasteiger partial charge in [0.2, 0.25) is 0 Å². The van der Waals surface area contributed by atoms with Crippen LogP contribution >= 0.6 is 0 Å². The lowest BCUT2D eigenvalue weighted by Crippen LogP contribution is -2.13. The van der Waals surface area contributed by atoms with Gasteiger partial charge in [-0.25, -0.2) is 4.39 Å². The Balaban J connectivity index is 2.09. The maximum absolute atomic E-state index is 13.9. The molecule has 0 aromatic heterocycles. The summed E-state index contributed by atoms with van der Waals surface area (Å²) in [4.78, 5) is 0. The summed E-state index contributed by atoms with van der Waals surface area (Å²) in [7, 11) is 1.56. The van der Waals surface area contributed by atoms with E-state index < -0.39 is 5.82 Å². The van der Waals surface area contributed by atoms with Crippen LogP contribution < -0.4 is 15.2 Å². The minimum Gasteiger partial charge on any atom is -0.497 e. The molecule has 0 atom stereocenters. The number of methoxy groups -OCH3 is 1. The molecule has 3 N–H and O–H groups in total. The molecule has 0 unspecified atom stereocenters. The molecular weight excluding hydrogens is 275 g/mol. The van der Waals surface area contributed by atoms with E-state index in [0.717, 1.165) is 0 Å². The SMILES string of the molecule is COc1cccc(OCc2ccc(/C(N)=N/O)cc2F)c1. The molecule has 21 heavy (non-hydrogen) atoms. The van der Waals surface area contributed by atoms with E-state index in [1.54, 1.807) is 37.4 Å². The molecule has 0 bridgehead atoms.